The van der Waals surface area contributed by atoms with Gasteiger partial charge in [-0.15, -0.1) is 0 Å². The molecule has 146 valence electrons. The molecule has 0 spiro atoms. The van der Waals surface area contributed by atoms with Crippen molar-refractivity contribution in [2.75, 3.05) is 24.7 Å². The maximum atomic E-state index is 12.6. The number of carbonyl (C=O) groups excluding carboxylic acids is 1. The number of amides is 1. The van der Waals surface area contributed by atoms with E-state index in [-0.39, 0.29) is 11.9 Å². The maximum Gasteiger partial charge on any atom is 0.263 e. The minimum atomic E-state index is -3.33. The number of aliphatic hydroxyl groups excluding tert-OH is 1. The number of anilines is 1. The third-order valence-electron chi connectivity index (χ3n) is 4.90. The zero-order chi connectivity index (χ0) is 19.5. The maximum absolute atomic E-state index is 12.6. The molecule has 1 fully saturated rings. The second-order valence-corrected chi connectivity index (χ2v) is 8.87. The highest BCUT2D eigenvalue weighted by Crippen LogP contribution is 2.24. The van der Waals surface area contributed by atoms with Gasteiger partial charge in [-0.2, -0.15) is 0 Å². The zero-order valence-electron chi connectivity index (χ0n) is 15.8. The fourth-order valence-corrected chi connectivity index (χ4v) is 3.68. The lowest BCUT2D eigenvalue weighted by Gasteiger charge is -2.36. The van der Waals surface area contributed by atoms with Crippen molar-refractivity contribution < 1.29 is 23.1 Å². The Balaban J connectivity index is 2.00. The Labute approximate surface area is 155 Å². The van der Waals surface area contributed by atoms with Crippen molar-refractivity contribution in [3.05, 3.63) is 24.3 Å². The van der Waals surface area contributed by atoms with Gasteiger partial charge in [0.2, 0.25) is 10.0 Å². The predicted octanol–water partition coefficient (Wildman–Crippen LogP) is 1.61. The molecular weight excluding hydrogens is 356 g/mol. The van der Waals surface area contributed by atoms with E-state index in [1.54, 1.807) is 43.1 Å². The smallest absolute Gasteiger partial charge is 0.263 e. The Morgan fingerprint density at radius 2 is 1.77 bits per heavy atom. The summed E-state index contributed by atoms with van der Waals surface area (Å²) in [6.45, 7) is 1.67. The van der Waals surface area contributed by atoms with Crippen LogP contribution in [0.15, 0.2) is 24.3 Å². The van der Waals surface area contributed by atoms with Gasteiger partial charge in [0.15, 0.2) is 6.10 Å². The molecule has 1 N–H and O–H groups in total. The van der Waals surface area contributed by atoms with Gasteiger partial charge in [-0.1, -0.05) is 12.8 Å². The molecule has 1 aliphatic carbocycles. The van der Waals surface area contributed by atoms with Crippen molar-refractivity contribution in [2.45, 2.75) is 50.9 Å². The van der Waals surface area contributed by atoms with Crippen LogP contribution in [-0.4, -0.2) is 62.9 Å². The first-order chi connectivity index (χ1) is 12.1. The lowest BCUT2D eigenvalue weighted by Crippen LogP contribution is -2.50. The standard InChI is InChI=1S/C18H28N2O5S/c1-13(18(22)19(2)16-7-5-6-8-17(16)21)25-15-11-9-14(10-12-15)20(3)26(4,23)24/h9-13,16-17,21H,5-8H2,1-4H3/t13-,16-,17-/m1/s1. The van der Waals surface area contributed by atoms with Crippen molar-refractivity contribution >= 4 is 21.6 Å². The summed E-state index contributed by atoms with van der Waals surface area (Å²) < 4.78 is 30.0. The summed E-state index contributed by atoms with van der Waals surface area (Å²) >= 11 is 0. The molecule has 26 heavy (non-hydrogen) atoms. The molecule has 8 heteroatoms. The van der Waals surface area contributed by atoms with Gasteiger partial charge in [0, 0.05) is 14.1 Å². The van der Waals surface area contributed by atoms with Crippen LogP contribution < -0.4 is 9.04 Å². The van der Waals surface area contributed by atoms with Crippen LogP contribution in [0.5, 0.6) is 5.75 Å². The van der Waals surface area contributed by atoms with E-state index in [0.717, 1.165) is 25.5 Å². The van der Waals surface area contributed by atoms with Crippen molar-refractivity contribution in [1.82, 2.24) is 4.90 Å². The fraction of sp³-hybridized carbons (Fsp3) is 0.611. The summed E-state index contributed by atoms with van der Waals surface area (Å²) in [5, 5.41) is 10.1. The van der Waals surface area contributed by atoms with Crippen molar-refractivity contribution in [3.63, 3.8) is 0 Å². The predicted molar refractivity (Wildman–Crippen MR) is 101 cm³/mol. The molecule has 0 heterocycles. The molecule has 0 saturated heterocycles. The summed E-state index contributed by atoms with van der Waals surface area (Å²) in [5.41, 5.74) is 0.515. The first-order valence-corrected chi connectivity index (χ1v) is 10.6. The Morgan fingerprint density at radius 1 is 1.19 bits per heavy atom. The Hall–Kier alpha value is -1.80. The normalized spacial score (nSPS) is 21.7. The molecule has 0 aliphatic heterocycles. The molecule has 0 radical (unpaired) electrons. The Morgan fingerprint density at radius 3 is 2.31 bits per heavy atom. The van der Waals surface area contributed by atoms with Gasteiger partial charge in [-0.3, -0.25) is 9.10 Å². The van der Waals surface area contributed by atoms with Crippen LogP contribution in [0, 0.1) is 0 Å². The third-order valence-corrected chi connectivity index (χ3v) is 6.10. The Kier molecular flexibility index (Phi) is 6.52. The first kappa shape index (κ1) is 20.5. The van der Waals surface area contributed by atoms with Crippen LogP contribution >= 0.6 is 0 Å². The molecule has 1 aromatic rings. The van der Waals surface area contributed by atoms with E-state index in [0.29, 0.717) is 17.9 Å². The van der Waals surface area contributed by atoms with E-state index < -0.39 is 22.2 Å². The van der Waals surface area contributed by atoms with Crippen LogP contribution in [0.1, 0.15) is 32.6 Å². The molecule has 1 aliphatic rings. The van der Waals surface area contributed by atoms with Crippen molar-refractivity contribution in [2.24, 2.45) is 0 Å². The highest BCUT2D eigenvalue weighted by molar-refractivity contribution is 7.92. The van der Waals surface area contributed by atoms with Gasteiger partial charge in [0.25, 0.3) is 5.91 Å². The van der Waals surface area contributed by atoms with Gasteiger partial charge in [-0.05, 0) is 44.0 Å². The quantitative estimate of drug-likeness (QED) is 0.805. The lowest BCUT2D eigenvalue weighted by atomic mass is 9.91. The second kappa shape index (κ2) is 8.26. The first-order valence-electron chi connectivity index (χ1n) is 8.76. The van der Waals surface area contributed by atoms with E-state index in [1.165, 1.54) is 11.4 Å². The number of hydrogen-bond donors (Lipinski definition) is 1. The topological polar surface area (TPSA) is 87.2 Å². The SMILES string of the molecule is C[C@@H](Oc1ccc(N(C)S(C)(=O)=O)cc1)C(=O)N(C)[C@@H]1CCCC[C@H]1O. The average molecular weight is 384 g/mol. The molecule has 1 amide bonds. The second-order valence-electron chi connectivity index (χ2n) is 6.85. The third kappa shape index (κ3) is 4.88. The van der Waals surface area contributed by atoms with Crippen molar-refractivity contribution in [3.8, 4) is 5.75 Å². The average Bonchev–Trinajstić information content (AvgIpc) is 2.60. The highest BCUT2D eigenvalue weighted by atomic mass is 32.2. The minimum absolute atomic E-state index is 0.173. The van der Waals surface area contributed by atoms with E-state index in [2.05, 4.69) is 0 Å². The van der Waals surface area contributed by atoms with Crippen LogP contribution in [-0.2, 0) is 14.8 Å². The summed E-state index contributed by atoms with van der Waals surface area (Å²) in [5.74, 6) is 0.294. The zero-order valence-corrected chi connectivity index (χ0v) is 16.6. The summed E-state index contributed by atoms with van der Waals surface area (Å²) in [6, 6.07) is 6.35. The number of aliphatic hydroxyl groups is 1. The summed E-state index contributed by atoms with van der Waals surface area (Å²) in [6.07, 6.45) is 3.44. The minimum Gasteiger partial charge on any atom is -0.481 e. The van der Waals surface area contributed by atoms with E-state index in [9.17, 15) is 18.3 Å². The number of ether oxygens (including phenoxy) is 1. The molecule has 0 aromatic heterocycles. The molecule has 1 aromatic carbocycles. The number of sulfonamides is 1. The van der Waals surface area contributed by atoms with E-state index in [4.69, 9.17) is 4.74 Å². The van der Waals surface area contributed by atoms with Crippen LogP contribution in [0.4, 0.5) is 5.69 Å². The van der Waals surface area contributed by atoms with Gasteiger partial charge in [-0.25, -0.2) is 8.42 Å². The molecule has 3 atom stereocenters. The van der Waals surface area contributed by atoms with Gasteiger partial charge in [0.1, 0.15) is 5.75 Å². The van der Waals surface area contributed by atoms with E-state index >= 15 is 0 Å². The number of benzene rings is 1. The number of rotatable bonds is 6. The van der Waals surface area contributed by atoms with Crippen molar-refractivity contribution in [1.29, 1.82) is 0 Å². The number of carbonyl (C=O) groups is 1. The molecule has 0 unspecified atom stereocenters. The molecular formula is C18H28N2O5S. The Bertz CT molecular complexity index is 720. The fourth-order valence-electron chi connectivity index (χ4n) is 3.17. The lowest BCUT2D eigenvalue weighted by molar-refractivity contribution is -0.142. The highest BCUT2D eigenvalue weighted by Gasteiger charge is 2.32. The largest absolute Gasteiger partial charge is 0.481 e. The summed E-state index contributed by atoms with van der Waals surface area (Å²) in [4.78, 5) is 14.2. The van der Waals surface area contributed by atoms with Gasteiger partial charge >= 0.3 is 0 Å². The van der Waals surface area contributed by atoms with Gasteiger partial charge in [0.05, 0.1) is 24.1 Å². The van der Waals surface area contributed by atoms with Crippen LogP contribution in [0.25, 0.3) is 0 Å². The van der Waals surface area contributed by atoms with Crippen LogP contribution in [0.3, 0.4) is 0 Å². The van der Waals surface area contributed by atoms with Gasteiger partial charge < -0.3 is 14.7 Å². The molecule has 7 nitrogen and oxygen atoms in total. The number of nitrogens with zero attached hydrogens (tertiary/aromatic N) is 2. The molecule has 1 saturated carbocycles. The molecule has 0 bridgehead atoms. The molecule has 2 rings (SSSR count). The monoisotopic (exact) mass is 384 g/mol. The van der Waals surface area contributed by atoms with Crippen LogP contribution in [0.2, 0.25) is 0 Å². The van der Waals surface area contributed by atoms with E-state index in [1.807, 2.05) is 0 Å². The summed E-state index contributed by atoms with van der Waals surface area (Å²) in [7, 11) is -0.152. The number of hydrogen-bond acceptors (Lipinski definition) is 5. The number of likely N-dealkylation sites (N-methyl/N-ethyl adjacent to an activating group) is 1.